The molecule has 2 heterocycles. The highest BCUT2D eigenvalue weighted by molar-refractivity contribution is 5.97. The third kappa shape index (κ3) is 2.73. The van der Waals surface area contributed by atoms with E-state index in [2.05, 4.69) is 20.5 Å². The van der Waals surface area contributed by atoms with E-state index in [0.29, 0.717) is 18.3 Å². The summed E-state index contributed by atoms with van der Waals surface area (Å²) >= 11 is 0. The van der Waals surface area contributed by atoms with Crippen LogP contribution >= 0.6 is 0 Å². The van der Waals surface area contributed by atoms with E-state index in [0.717, 1.165) is 28.4 Å². The lowest BCUT2D eigenvalue weighted by Gasteiger charge is -2.10. The largest absolute Gasteiger partial charge is 0.492 e. The number of rotatable bonds is 4. The van der Waals surface area contributed by atoms with Crippen molar-refractivity contribution in [1.82, 2.24) is 15.2 Å². The van der Waals surface area contributed by atoms with Crippen LogP contribution in [0.25, 0.3) is 11.4 Å². The molecule has 0 saturated heterocycles. The van der Waals surface area contributed by atoms with Gasteiger partial charge in [0.2, 0.25) is 5.91 Å². The number of carbonyl (C=O) groups excluding carboxylic acids is 1. The van der Waals surface area contributed by atoms with Crippen LogP contribution in [-0.2, 0) is 4.79 Å². The summed E-state index contributed by atoms with van der Waals surface area (Å²) in [6, 6.07) is 15.3. The van der Waals surface area contributed by atoms with Crippen LogP contribution in [0.15, 0.2) is 48.5 Å². The number of fused-ring (bicyclic) bond motifs is 1. The molecule has 2 N–H and O–H groups in total. The van der Waals surface area contributed by atoms with Crippen LogP contribution in [0.1, 0.15) is 36.1 Å². The van der Waals surface area contributed by atoms with E-state index in [1.54, 1.807) is 0 Å². The van der Waals surface area contributed by atoms with E-state index in [9.17, 15) is 4.79 Å². The van der Waals surface area contributed by atoms with E-state index in [4.69, 9.17) is 4.74 Å². The van der Waals surface area contributed by atoms with Gasteiger partial charge in [-0.25, -0.2) is 4.98 Å². The Balaban J connectivity index is 1.29. The molecule has 1 aliphatic carbocycles. The van der Waals surface area contributed by atoms with Gasteiger partial charge in [0.05, 0.1) is 0 Å². The fourth-order valence-electron chi connectivity index (χ4n) is 3.25. The molecule has 6 nitrogen and oxygen atoms in total. The fraction of sp³-hybridized carbons (Fsp3) is 0.250. The number of aromatic nitrogens is 3. The number of aromatic amines is 1. The van der Waals surface area contributed by atoms with Crippen molar-refractivity contribution in [2.24, 2.45) is 0 Å². The highest BCUT2D eigenvalue weighted by atomic mass is 16.5. The second-order valence-corrected chi connectivity index (χ2v) is 6.79. The van der Waals surface area contributed by atoms with Gasteiger partial charge in [-0.1, -0.05) is 18.2 Å². The molecule has 0 bridgehead atoms. The number of H-pyrrole nitrogens is 1. The summed E-state index contributed by atoms with van der Waals surface area (Å²) in [5.41, 5.74) is 2.62. The molecular weight excluding hydrogens is 328 g/mol. The van der Waals surface area contributed by atoms with Crippen molar-refractivity contribution in [3.63, 3.8) is 0 Å². The number of ether oxygens (including phenoxy) is 1. The third-order valence-electron chi connectivity index (χ3n) is 4.89. The Bertz CT molecular complexity index is 960. The molecule has 26 heavy (non-hydrogen) atoms. The quantitative estimate of drug-likeness (QED) is 0.758. The molecule has 1 aliphatic heterocycles. The molecule has 1 saturated carbocycles. The standard InChI is InChI=1S/C20H18N4O2/c25-20(16-11-26-17-4-2-1-3-15(16)17)21-14-9-7-13(8-10-14)19-22-18(23-24-19)12-5-6-12/h1-4,7-10,12,16H,5-6,11H2,(H,21,25)(H,22,23,24). The number of carbonyl (C=O) groups is 1. The number of anilines is 1. The summed E-state index contributed by atoms with van der Waals surface area (Å²) in [5.74, 6) is 2.67. The molecule has 1 aromatic heterocycles. The van der Waals surface area contributed by atoms with Crippen molar-refractivity contribution in [2.75, 3.05) is 11.9 Å². The Morgan fingerprint density at radius 2 is 1.92 bits per heavy atom. The van der Waals surface area contributed by atoms with Crippen molar-refractivity contribution in [3.8, 4) is 17.1 Å². The number of nitrogens with one attached hydrogen (secondary N) is 2. The number of nitrogens with zero attached hydrogens (tertiary/aromatic N) is 2. The normalized spacial score (nSPS) is 18.2. The Labute approximate surface area is 150 Å². The Morgan fingerprint density at radius 1 is 1.12 bits per heavy atom. The van der Waals surface area contributed by atoms with E-state index in [-0.39, 0.29) is 11.8 Å². The summed E-state index contributed by atoms with van der Waals surface area (Å²) in [6.45, 7) is 0.379. The molecule has 1 atom stereocenters. The maximum Gasteiger partial charge on any atom is 0.235 e. The second-order valence-electron chi connectivity index (χ2n) is 6.79. The summed E-state index contributed by atoms with van der Waals surface area (Å²) in [5, 5.41) is 10.3. The molecule has 1 amide bonds. The van der Waals surface area contributed by atoms with Gasteiger partial charge in [-0.2, -0.15) is 5.10 Å². The minimum absolute atomic E-state index is 0.0587. The lowest BCUT2D eigenvalue weighted by Crippen LogP contribution is -2.22. The summed E-state index contributed by atoms with van der Waals surface area (Å²) in [6.07, 6.45) is 2.38. The third-order valence-corrected chi connectivity index (χ3v) is 4.89. The molecule has 2 aromatic carbocycles. The molecular formula is C20H18N4O2. The van der Waals surface area contributed by atoms with Crippen LogP contribution in [0.3, 0.4) is 0 Å². The van der Waals surface area contributed by atoms with Crippen molar-refractivity contribution in [3.05, 3.63) is 59.9 Å². The Morgan fingerprint density at radius 3 is 2.73 bits per heavy atom. The van der Waals surface area contributed by atoms with E-state index >= 15 is 0 Å². The van der Waals surface area contributed by atoms with Crippen molar-refractivity contribution in [1.29, 1.82) is 0 Å². The maximum absolute atomic E-state index is 12.6. The second kappa shape index (κ2) is 5.98. The van der Waals surface area contributed by atoms with Gasteiger partial charge in [0.25, 0.3) is 0 Å². The van der Waals surface area contributed by atoms with Crippen LogP contribution in [-0.4, -0.2) is 27.7 Å². The fourth-order valence-corrected chi connectivity index (χ4v) is 3.25. The molecule has 6 heteroatoms. The zero-order chi connectivity index (χ0) is 17.5. The lowest BCUT2D eigenvalue weighted by molar-refractivity contribution is -0.117. The van der Waals surface area contributed by atoms with Gasteiger partial charge in [0, 0.05) is 22.7 Å². The van der Waals surface area contributed by atoms with Gasteiger partial charge >= 0.3 is 0 Å². The molecule has 130 valence electrons. The van der Waals surface area contributed by atoms with Gasteiger partial charge in [-0.15, -0.1) is 0 Å². The first-order valence-electron chi connectivity index (χ1n) is 8.83. The van der Waals surface area contributed by atoms with E-state index in [1.165, 1.54) is 12.8 Å². The minimum atomic E-state index is -0.278. The molecule has 1 fully saturated rings. The number of hydrogen-bond donors (Lipinski definition) is 2. The average Bonchev–Trinajstić information content (AvgIpc) is 3.24. The van der Waals surface area contributed by atoms with Gasteiger partial charge in [0.15, 0.2) is 5.82 Å². The minimum Gasteiger partial charge on any atom is -0.492 e. The summed E-state index contributed by atoms with van der Waals surface area (Å²) in [4.78, 5) is 17.1. The molecule has 3 aromatic rings. The molecule has 2 aliphatic rings. The summed E-state index contributed by atoms with van der Waals surface area (Å²) in [7, 11) is 0. The highest BCUT2D eigenvalue weighted by Crippen LogP contribution is 2.38. The highest BCUT2D eigenvalue weighted by Gasteiger charge is 2.30. The first-order valence-corrected chi connectivity index (χ1v) is 8.83. The number of para-hydroxylation sites is 1. The van der Waals surface area contributed by atoms with Gasteiger partial charge in [-0.05, 0) is 43.2 Å². The molecule has 1 unspecified atom stereocenters. The summed E-state index contributed by atoms with van der Waals surface area (Å²) < 4.78 is 5.59. The topological polar surface area (TPSA) is 79.9 Å². The van der Waals surface area contributed by atoms with Crippen LogP contribution in [0.5, 0.6) is 5.75 Å². The zero-order valence-corrected chi connectivity index (χ0v) is 14.1. The first kappa shape index (κ1) is 15.1. The van der Waals surface area contributed by atoms with Crippen LogP contribution < -0.4 is 10.1 Å². The van der Waals surface area contributed by atoms with Gasteiger partial charge in [0.1, 0.15) is 24.1 Å². The Hall–Kier alpha value is -3.15. The SMILES string of the molecule is O=C(Nc1ccc(-c2n[nH]c(C3CC3)n2)cc1)C1COc2ccccc21. The van der Waals surface area contributed by atoms with Crippen molar-refractivity contribution in [2.45, 2.75) is 24.7 Å². The number of hydrogen-bond acceptors (Lipinski definition) is 4. The van der Waals surface area contributed by atoms with Crippen LogP contribution in [0, 0.1) is 0 Å². The number of amides is 1. The van der Waals surface area contributed by atoms with Crippen LogP contribution in [0.4, 0.5) is 5.69 Å². The van der Waals surface area contributed by atoms with Gasteiger partial charge < -0.3 is 10.1 Å². The molecule has 0 radical (unpaired) electrons. The van der Waals surface area contributed by atoms with E-state index in [1.807, 2.05) is 48.5 Å². The first-order chi connectivity index (χ1) is 12.8. The zero-order valence-electron chi connectivity index (χ0n) is 14.1. The van der Waals surface area contributed by atoms with Crippen molar-refractivity contribution < 1.29 is 9.53 Å². The average molecular weight is 346 g/mol. The predicted octanol–water partition coefficient (Wildman–Crippen LogP) is 3.46. The monoisotopic (exact) mass is 346 g/mol. The predicted molar refractivity (Wildman–Crippen MR) is 97.1 cm³/mol. The van der Waals surface area contributed by atoms with Crippen molar-refractivity contribution >= 4 is 11.6 Å². The van der Waals surface area contributed by atoms with E-state index < -0.39 is 0 Å². The smallest absolute Gasteiger partial charge is 0.235 e. The maximum atomic E-state index is 12.6. The lowest BCUT2D eigenvalue weighted by atomic mass is 10.0. The Kier molecular flexibility index (Phi) is 3.48. The van der Waals surface area contributed by atoms with Crippen LogP contribution in [0.2, 0.25) is 0 Å². The molecule has 5 rings (SSSR count). The van der Waals surface area contributed by atoms with Gasteiger partial charge in [-0.3, -0.25) is 9.89 Å². The molecule has 0 spiro atoms. The number of benzene rings is 2.